The molecule has 1 unspecified atom stereocenters. The van der Waals surface area contributed by atoms with Gasteiger partial charge in [0.2, 0.25) is 5.88 Å². The Morgan fingerprint density at radius 3 is 2.74 bits per heavy atom. The summed E-state index contributed by atoms with van der Waals surface area (Å²) in [5.41, 5.74) is 0.821. The standard InChI is InChI=1S/C12H17N3O4/c1-8(5-11(16)17)15-12(18)14-7-9-3-4-10(19-2)13-6-9/h3-4,6,8H,5,7H2,1-2H3,(H,16,17)(H2,14,15,18). The first-order valence-corrected chi connectivity index (χ1v) is 5.76. The summed E-state index contributed by atoms with van der Waals surface area (Å²) in [6, 6.07) is 2.64. The van der Waals surface area contributed by atoms with Gasteiger partial charge < -0.3 is 20.5 Å². The number of nitrogens with one attached hydrogen (secondary N) is 2. The van der Waals surface area contributed by atoms with Crippen molar-refractivity contribution in [1.29, 1.82) is 0 Å². The Hall–Kier alpha value is -2.31. The van der Waals surface area contributed by atoms with Crippen LogP contribution in [0.5, 0.6) is 5.88 Å². The number of carboxylic acids is 1. The molecule has 0 fully saturated rings. The molecule has 0 aliphatic rings. The molecule has 1 rings (SSSR count). The van der Waals surface area contributed by atoms with Gasteiger partial charge in [-0.2, -0.15) is 0 Å². The van der Waals surface area contributed by atoms with E-state index in [9.17, 15) is 9.59 Å². The minimum atomic E-state index is -0.952. The predicted octanol–water partition coefficient (Wildman–Crippen LogP) is 0.753. The maximum atomic E-state index is 11.5. The van der Waals surface area contributed by atoms with Gasteiger partial charge in [-0.3, -0.25) is 4.79 Å². The Balaban J connectivity index is 2.34. The monoisotopic (exact) mass is 267 g/mol. The largest absolute Gasteiger partial charge is 0.481 e. The lowest BCUT2D eigenvalue weighted by molar-refractivity contribution is -0.137. The van der Waals surface area contributed by atoms with Gasteiger partial charge in [0.1, 0.15) is 0 Å². The Labute approximate surface area is 111 Å². The van der Waals surface area contributed by atoms with Gasteiger partial charge in [-0.25, -0.2) is 9.78 Å². The van der Waals surface area contributed by atoms with E-state index in [1.54, 1.807) is 25.3 Å². The Kier molecular flexibility index (Phi) is 5.59. The van der Waals surface area contributed by atoms with E-state index in [1.165, 1.54) is 7.11 Å². The number of carbonyl (C=O) groups excluding carboxylic acids is 1. The maximum Gasteiger partial charge on any atom is 0.315 e. The third-order valence-corrected chi connectivity index (χ3v) is 2.32. The molecule has 0 saturated heterocycles. The second-order valence-corrected chi connectivity index (χ2v) is 4.03. The molecular weight excluding hydrogens is 250 g/mol. The molecule has 19 heavy (non-hydrogen) atoms. The van der Waals surface area contributed by atoms with E-state index in [4.69, 9.17) is 9.84 Å². The smallest absolute Gasteiger partial charge is 0.315 e. The molecule has 2 amide bonds. The topological polar surface area (TPSA) is 101 Å². The van der Waals surface area contributed by atoms with E-state index < -0.39 is 18.0 Å². The third-order valence-electron chi connectivity index (χ3n) is 2.32. The molecule has 1 aromatic rings. The highest BCUT2D eigenvalue weighted by molar-refractivity contribution is 5.75. The van der Waals surface area contributed by atoms with Gasteiger partial charge in [0.25, 0.3) is 0 Å². The van der Waals surface area contributed by atoms with E-state index in [-0.39, 0.29) is 6.42 Å². The fourth-order valence-corrected chi connectivity index (χ4v) is 1.41. The first kappa shape index (κ1) is 14.7. The fourth-order valence-electron chi connectivity index (χ4n) is 1.41. The molecule has 0 aliphatic heterocycles. The molecule has 0 radical (unpaired) electrons. The third kappa shape index (κ3) is 5.71. The van der Waals surface area contributed by atoms with Crippen LogP contribution in [0.15, 0.2) is 18.3 Å². The molecule has 3 N–H and O–H groups in total. The number of carbonyl (C=O) groups is 2. The van der Waals surface area contributed by atoms with Crippen LogP contribution in [-0.2, 0) is 11.3 Å². The number of hydrogen-bond donors (Lipinski definition) is 3. The first-order valence-electron chi connectivity index (χ1n) is 5.76. The van der Waals surface area contributed by atoms with Crippen molar-refractivity contribution in [2.75, 3.05) is 7.11 Å². The van der Waals surface area contributed by atoms with Crippen LogP contribution in [-0.4, -0.2) is 35.2 Å². The predicted molar refractivity (Wildman–Crippen MR) is 67.9 cm³/mol. The van der Waals surface area contributed by atoms with E-state index in [0.29, 0.717) is 12.4 Å². The average Bonchev–Trinajstić information content (AvgIpc) is 2.36. The number of methoxy groups -OCH3 is 1. The molecule has 0 spiro atoms. The van der Waals surface area contributed by atoms with Crippen molar-refractivity contribution in [3.8, 4) is 5.88 Å². The maximum absolute atomic E-state index is 11.5. The van der Waals surface area contributed by atoms with Crippen molar-refractivity contribution in [2.45, 2.75) is 25.9 Å². The summed E-state index contributed by atoms with van der Waals surface area (Å²) in [4.78, 5) is 25.9. The van der Waals surface area contributed by atoms with Crippen molar-refractivity contribution in [3.63, 3.8) is 0 Å². The number of pyridine rings is 1. The van der Waals surface area contributed by atoms with Gasteiger partial charge in [-0.1, -0.05) is 6.07 Å². The minimum Gasteiger partial charge on any atom is -0.481 e. The van der Waals surface area contributed by atoms with Gasteiger partial charge in [0, 0.05) is 24.8 Å². The van der Waals surface area contributed by atoms with E-state index in [0.717, 1.165) is 5.56 Å². The molecule has 104 valence electrons. The highest BCUT2D eigenvalue weighted by Gasteiger charge is 2.10. The summed E-state index contributed by atoms with van der Waals surface area (Å²) in [6.07, 6.45) is 1.48. The van der Waals surface area contributed by atoms with Crippen LogP contribution in [0.25, 0.3) is 0 Å². The number of carboxylic acid groups (broad SMARTS) is 1. The lowest BCUT2D eigenvalue weighted by Crippen LogP contribution is -2.41. The van der Waals surface area contributed by atoms with Crippen molar-refractivity contribution < 1.29 is 19.4 Å². The van der Waals surface area contributed by atoms with Crippen LogP contribution in [0.1, 0.15) is 18.9 Å². The number of hydrogen-bond acceptors (Lipinski definition) is 4. The number of aromatic nitrogens is 1. The van der Waals surface area contributed by atoms with Crippen molar-refractivity contribution in [1.82, 2.24) is 15.6 Å². The van der Waals surface area contributed by atoms with Crippen LogP contribution in [0.4, 0.5) is 4.79 Å². The molecule has 1 atom stereocenters. The van der Waals surface area contributed by atoms with Gasteiger partial charge in [0.15, 0.2) is 0 Å². The van der Waals surface area contributed by atoms with Gasteiger partial charge >= 0.3 is 12.0 Å². The van der Waals surface area contributed by atoms with E-state index in [1.807, 2.05) is 0 Å². The molecule has 7 heteroatoms. The second kappa shape index (κ2) is 7.20. The van der Waals surface area contributed by atoms with Crippen LogP contribution >= 0.6 is 0 Å². The van der Waals surface area contributed by atoms with E-state index in [2.05, 4.69) is 15.6 Å². The minimum absolute atomic E-state index is 0.114. The fraction of sp³-hybridized carbons (Fsp3) is 0.417. The van der Waals surface area contributed by atoms with Crippen LogP contribution in [0.2, 0.25) is 0 Å². The zero-order chi connectivity index (χ0) is 14.3. The number of aliphatic carboxylic acids is 1. The molecule has 0 aromatic carbocycles. The highest BCUT2D eigenvalue weighted by Crippen LogP contribution is 2.06. The van der Waals surface area contributed by atoms with Crippen LogP contribution < -0.4 is 15.4 Å². The molecule has 1 aromatic heterocycles. The molecule has 0 aliphatic carbocycles. The van der Waals surface area contributed by atoms with Crippen molar-refractivity contribution >= 4 is 12.0 Å². The van der Waals surface area contributed by atoms with Gasteiger partial charge in [0.05, 0.1) is 13.5 Å². The van der Waals surface area contributed by atoms with Crippen molar-refractivity contribution in [2.24, 2.45) is 0 Å². The average molecular weight is 267 g/mol. The summed E-state index contributed by atoms with van der Waals surface area (Å²) in [5.74, 6) is -0.449. The SMILES string of the molecule is COc1ccc(CNC(=O)NC(C)CC(=O)O)cn1. The first-order chi connectivity index (χ1) is 9.01. The lowest BCUT2D eigenvalue weighted by atomic mass is 10.2. The molecule has 0 saturated carbocycles. The molecule has 0 bridgehead atoms. The summed E-state index contributed by atoms with van der Waals surface area (Å²) in [5, 5.41) is 13.7. The zero-order valence-electron chi connectivity index (χ0n) is 10.8. The van der Waals surface area contributed by atoms with Crippen molar-refractivity contribution in [3.05, 3.63) is 23.9 Å². The molecule has 1 heterocycles. The number of urea groups is 1. The zero-order valence-corrected chi connectivity index (χ0v) is 10.8. The normalized spacial score (nSPS) is 11.5. The number of amides is 2. The molecule has 7 nitrogen and oxygen atoms in total. The Morgan fingerprint density at radius 2 is 2.21 bits per heavy atom. The highest BCUT2D eigenvalue weighted by atomic mass is 16.5. The van der Waals surface area contributed by atoms with Crippen LogP contribution in [0.3, 0.4) is 0 Å². The lowest BCUT2D eigenvalue weighted by Gasteiger charge is -2.12. The van der Waals surface area contributed by atoms with E-state index >= 15 is 0 Å². The summed E-state index contributed by atoms with van der Waals surface area (Å²) in [7, 11) is 1.53. The Morgan fingerprint density at radius 1 is 1.47 bits per heavy atom. The van der Waals surface area contributed by atoms with Crippen LogP contribution in [0, 0.1) is 0 Å². The second-order valence-electron chi connectivity index (χ2n) is 4.03. The Bertz CT molecular complexity index is 433. The number of ether oxygens (including phenoxy) is 1. The summed E-state index contributed by atoms with van der Waals surface area (Å²) < 4.78 is 4.92. The number of nitrogens with zero attached hydrogens (tertiary/aromatic N) is 1. The van der Waals surface area contributed by atoms with Gasteiger partial charge in [-0.15, -0.1) is 0 Å². The number of rotatable bonds is 6. The summed E-state index contributed by atoms with van der Waals surface area (Å²) in [6.45, 7) is 1.94. The molecular formula is C12H17N3O4. The summed E-state index contributed by atoms with van der Waals surface area (Å²) >= 11 is 0. The quantitative estimate of drug-likeness (QED) is 0.706. The van der Waals surface area contributed by atoms with Gasteiger partial charge in [-0.05, 0) is 12.5 Å².